The maximum Gasteiger partial charge on any atom is 0.347 e. The van der Waals surface area contributed by atoms with Gasteiger partial charge in [0.25, 0.3) is 5.91 Å². The van der Waals surface area contributed by atoms with Crippen LogP contribution in [0.15, 0.2) is 48.5 Å². The highest BCUT2D eigenvalue weighted by molar-refractivity contribution is 6.01. The topological polar surface area (TPSA) is 93.7 Å². The Morgan fingerprint density at radius 3 is 2.56 bits per heavy atom. The molecule has 1 atom stereocenters. The number of imide groups is 1. The number of esters is 1. The number of rotatable bonds is 6. The van der Waals surface area contributed by atoms with Crippen molar-refractivity contribution in [2.45, 2.75) is 20.0 Å². The van der Waals surface area contributed by atoms with E-state index < -0.39 is 36.4 Å². The molecule has 142 valence electrons. The quantitative estimate of drug-likeness (QED) is 0.759. The Kier molecular flexibility index (Phi) is 6.87. The molecule has 0 aliphatic rings. The van der Waals surface area contributed by atoms with Crippen LogP contribution >= 0.6 is 0 Å². The number of carbonyl (C=O) groups is 3. The number of hydrogen-bond donors (Lipinski definition) is 2. The Morgan fingerprint density at radius 1 is 1.11 bits per heavy atom. The Balaban J connectivity index is 1.76. The molecule has 7 nitrogen and oxygen atoms in total. The number of ether oxygens (including phenoxy) is 2. The molecule has 0 radical (unpaired) electrons. The number of hydrogen-bond acceptors (Lipinski definition) is 5. The predicted molar refractivity (Wildman–Crippen MR) is 95.8 cm³/mol. The van der Waals surface area contributed by atoms with Crippen molar-refractivity contribution in [3.63, 3.8) is 0 Å². The van der Waals surface area contributed by atoms with Gasteiger partial charge in [0.2, 0.25) is 0 Å². The maximum atomic E-state index is 13.4. The number of carbonyl (C=O) groups excluding carboxylic acids is 3. The highest BCUT2D eigenvalue weighted by Crippen LogP contribution is 2.14. The van der Waals surface area contributed by atoms with Crippen molar-refractivity contribution >= 4 is 23.6 Å². The standard InChI is InChI=1S/C19H19FN2O5/c1-12-6-5-7-14(10-12)27-13(2)18(24)26-11-17(23)22-19(25)21-16-9-4-3-8-15(16)20/h3-10,13H,11H2,1-2H3,(H2,21,22,23,25)/t13-/m1/s1. The second kappa shape index (κ2) is 9.33. The van der Waals surface area contributed by atoms with E-state index >= 15 is 0 Å². The minimum absolute atomic E-state index is 0.0834. The fourth-order valence-corrected chi connectivity index (χ4v) is 2.07. The third-order valence-electron chi connectivity index (χ3n) is 3.35. The van der Waals surface area contributed by atoms with Gasteiger partial charge in [-0.25, -0.2) is 14.0 Å². The van der Waals surface area contributed by atoms with E-state index in [1.165, 1.54) is 25.1 Å². The third-order valence-corrected chi connectivity index (χ3v) is 3.35. The Labute approximate surface area is 155 Å². The largest absolute Gasteiger partial charge is 0.479 e. The molecule has 0 bridgehead atoms. The van der Waals surface area contributed by atoms with Gasteiger partial charge in [0.15, 0.2) is 12.7 Å². The van der Waals surface area contributed by atoms with Crippen molar-refractivity contribution in [2.75, 3.05) is 11.9 Å². The summed E-state index contributed by atoms with van der Waals surface area (Å²) in [6.07, 6.45) is -0.938. The minimum atomic E-state index is -0.940. The summed E-state index contributed by atoms with van der Waals surface area (Å²) in [5, 5.41) is 4.11. The molecular weight excluding hydrogens is 355 g/mol. The first kappa shape index (κ1) is 19.9. The number of aryl methyl sites for hydroxylation is 1. The van der Waals surface area contributed by atoms with Crippen molar-refractivity contribution in [3.8, 4) is 5.75 Å². The van der Waals surface area contributed by atoms with Gasteiger partial charge >= 0.3 is 12.0 Å². The van der Waals surface area contributed by atoms with E-state index in [-0.39, 0.29) is 5.69 Å². The molecule has 0 heterocycles. The van der Waals surface area contributed by atoms with Gasteiger partial charge in [-0.05, 0) is 43.7 Å². The van der Waals surface area contributed by atoms with Crippen LogP contribution in [-0.2, 0) is 14.3 Å². The SMILES string of the molecule is Cc1cccc(O[C@H](C)C(=O)OCC(=O)NC(=O)Nc2ccccc2F)c1. The molecule has 0 aromatic heterocycles. The van der Waals surface area contributed by atoms with Crippen LogP contribution in [-0.4, -0.2) is 30.6 Å². The first-order valence-electron chi connectivity index (χ1n) is 8.10. The smallest absolute Gasteiger partial charge is 0.347 e. The molecule has 27 heavy (non-hydrogen) atoms. The lowest BCUT2D eigenvalue weighted by Crippen LogP contribution is -2.38. The zero-order valence-electron chi connectivity index (χ0n) is 14.8. The molecule has 0 aliphatic carbocycles. The number of anilines is 1. The van der Waals surface area contributed by atoms with E-state index in [0.717, 1.165) is 11.6 Å². The van der Waals surface area contributed by atoms with Gasteiger partial charge < -0.3 is 14.8 Å². The Bertz CT molecular complexity index is 840. The zero-order chi connectivity index (χ0) is 19.8. The third kappa shape index (κ3) is 6.43. The lowest BCUT2D eigenvalue weighted by atomic mass is 10.2. The average molecular weight is 374 g/mol. The molecule has 2 aromatic rings. The summed E-state index contributed by atoms with van der Waals surface area (Å²) < 4.78 is 23.7. The molecule has 0 aliphatic heterocycles. The predicted octanol–water partition coefficient (Wildman–Crippen LogP) is 2.79. The van der Waals surface area contributed by atoms with Crippen LogP contribution in [0.2, 0.25) is 0 Å². The summed E-state index contributed by atoms with van der Waals surface area (Å²) in [5.74, 6) is -1.78. The van der Waals surface area contributed by atoms with Crippen molar-refractivity contribution in [3.05, 3.63) is 59.9 Å². The first-order chi connectivity index (χ1) is 12.8. The van der Waals surface area contributed by atoms with Crippen molar-refractivity contribution in [1.29, 1.82) is 0 Å². The van der Waals surface area contributed by atoms with Gasteiger partial charge in [-0.15, -0.1) is 0 Å². The van der Waals surface area contributed by atoms with Crippen molar-refractivity contribution < 1.29 is 28.2 Å². The average Bonchev–Trinajstić information content (AvgIpc) is 2.61. The number of para-hydroxylation sites is 1. The van der Waals surface area contributed by atoms with E-state index in [9.17, 15) is 18.8 Å². The van der Waals surface area contributed by atoms with E-state index in [1.807, 2.05) is 18.3 Å². The van der Waals surface area contributed by atoms with Crippen molar-refractivity contribution in [2.24, 2.45) is 0 Å². The number of amides is 3. The second-order valence-electron chi connectivity index (χ2n) is 5.67. The number of urea groups is 1. The summed E-state index contributed by atoms with van der Waals surface area (Å²) >= 11 is 0. The highest BCUT2D eigenvalue weighted by atomic mass is 19.1. The van der Waals surface area contributed by atoms with Crippen LogP contribution in [0.3, 0.4) is 0 Å². The highest BCUT2D eigenvalue weighted by Gasteiger charge is 2.19. The molecule has 0 saturated carbocycles. The summed E-state index contributed by atoms with van der Waals surface area (Å²) in [7, 11) is 0. The molecule has 0 unspecified atom stereocenters. The summed E-state index contributed by atoms with van der Waals surface area (Å²) in [6.45, 7) is 2.69. The molecule has 0 fully saturated rings. The van der Waals surface area contributed by atoms with E-state index in [2.05, 4.69) is 5.32 Å². The number of benzene rings is 2. The normalized spacial score (nSPS) is 11.2. The second-order valence-corrected chi connectivity index (χ2v) is 5.67. The summed E-state index contributed by atoms with van der Waals surface area (Å²) in [4.78, 5) is 35.2. The Hall–Kier alpha value is -3.42. The lowest BCUT2D eigenvalue weighted by Gasteiger charge is -2.14. The summed E-state index contributed by atoms with van der Waals surface area (Å²) in [5.41, 5.74) is 0.883. The van der Waals surface area contributed by atoms with E-state index in [4.69, 9.17) is 9.47 Å². The van der Waals surface area contributed by atoms with Gasteiger partial charge in [-0.2, -0.15) is 0 Å². The van der Waals surface area contributed by atoms with Crippen LogP contribution in [0, 0.1) is 12.7 Å². The van der Waals surface area contributed by atoms with Gasteiger partial charge in [0, 0.05) is 0 Å². The van der Waals surface area contributed by atoms with Gasteiger partial charge in [0.1, 0.15) is 11.6 Å². The Morgan fingerprint density at radius 2 is 1.85 bits per heavy atom. The van der Waals surface area contributed by atoms with Crippen LogP contribution in [0.5, 0.6) is 5.75 Å². The first-order valence-corrected chi connectivity index (χ1v) is 8.10. The number of halogens is 1. The van der Waals surface area contributed by atoms with Crippen LogP contribution in [0.25, 0.3) is 0 Å². The zero-order valence-corrected chi connectivity index (χ0v) is 14.8. The molecule has 2 N–H and O–H groups in total. The maximum absolute atomic E-state index is 13.4. The van der Waals surface area contributed by atoms with E-state index in [1.54, 1.807) is 18.2 Å². The molecule has 8 heteroatoms. The minimum Gasteiger partial charge on any atom is -0.479 e. The molecule has 2 rings (SSSR count). The van der Waals surface area contributed by atoms with Crippen LogP contribution < -0.4 is 15.4 Å². The van der Waals surface area contributed by atoms with Crippen LogP contribution in [0.1, 0.15) is 12.5 Å². The van der Waals surface area contributed by atoms with Gasteiger partial charge in [0.05, 0.1) is 5.69 Å². The molecule has 3 amide bonds. The van der Waals surface area contributed by atoms with Crippen molar-refractivity contribution in [1.82, 2.24) is 5.32 Å². The molecule has 0 spiro atoms. The van der Waals surface area contributed by atoms with E-state index in [0.29, 0.717) is 5.75 Å². The van der Waals surface area contributed by atoms with Crippen LogP contribution in [0.4, 0.5) is 14.9 Å². The monoisotopic (exact) mass is 374 g/mol. The fraction of sp³-hybridized carbons (Fsp3) is 0.211. The lowest BCUT2D eigenvalue weighted by molar-refractivity contribution is -0.154. The van der Waals surface area contributed by atoms with Gasteiger partial charge in [-0.1, -0.05) is 24.3 Å². The summed E-state index contributed by atoms with van der Waals surface area (Å²) in [6, 6.07) is 11.7. The fourth-order valence-electron chi connectivity index (χ4n) is 2.07. The number of nitrogens with one attached hydrogen (secondary N) is 2. The molecular formula is C19H19FN2O5. The van der Waals surface area contributed by atoms with Gasteiger partial charge in [-0.3, -0.25) is 10.1 Å². The molecule has 2 aromatic carbocycles. The molecule has 0 saturated heterocycles.